The first-order valence-corrected chi connectivity index (χ1v) is 5.93. The molecule has 0 amide bonds. The molecule has 0 unspecified atom stereocenters. The van der Waals surface area contributed by atoms with Crippen molar-refractivity contribution >= 4 is 16.5 Å². The molecular formula is C11H9F3N2O2S. The molecule has 0 fully saturated rings. The lowest BCUT2D eigenvalue weighted by Gasteiger charge is -2.13. The molecule has 0 atom stereocenters. The Hall–Kier alpha value is -1.96. The quantitative estimate of drug-likeness (QED) is 0.939. The number of hydrogen-bond donors (Lipinski definition) is 1. The van der Waals surface area contributed by atoms with Gasteiger partial charge >= 0.3 is 6.36 Å². The van der Waals surface area contributed by atoms with E-state index in [9.17, 15) is 13.2 Å². The number of benzene rings is 1. The zero-order chi connectivity index (χ0) is 13.9. The van der Waals surface area contributed by atoms with E-state index in [0.29, 0.717) is 10.0 Å². The highest BCUT2D eigenvalue weighted by Crippen LogP contribution is 2.32. The molecule has 1 aromatic carbocycles. The Kier molecular flexibility index (Phi) is 3.79. The van der Waals surface area contributed by atoms with Crippen LogP contribution >= 0.6 is 11.3 Å². The number of halogens is 3. The molecular weight excluding hydrogens is 281 g/mol. The molecule has 4 nitrogen and oxygen atoms in total. The van der Waals surface area contributed by atoms with E-state index in [1.165, 1.54) is 35.7 Å². The fourth-order valence-electron chi connectivity index (χ4n) is 1.32. The van der Waals surface area contributed by atoms with E-state index < -0.39 is 6.36 Å². The Morgan fingerprint density at radius 3 is 2.47 bits per heavy atom. The van der Waals surface area contributed by atoms with E-state index in [4.69, 9.17) is 10.5 Å². The van der Waals surface area contributed by atoms with Crippen LogP contribution in [-0.2, 0) is 6.61 Å². The van der Waals surface area contributed by atoms with Crippen molar-refractivity contribution in [2.75, 3.05) is 5.73 Å². The van der Waals surface area contributed by atoms with Crippen LogP contribution in [0.25, 0.3) is 0 Å². The molecule has 0 aliphatic rings. The topological polar surface area (TPSA) is 57.4 Å². The SMILES string of the molecule is Nc1ncc(COc2ccccc2OC(F)(F)F)s1. The maximum Gasteiger partial charge on any atom is 0.573 e. The summed E-state index contributed by atoms with van der Waals surface area (Å²) >= 11 is 1.20. The average molecular weight is 290 g/mol. The molecule has 102 valence electrons. The average Bonchev–Trinajstić information content (AvgIpc) is 2.72. The van der Waals surface area contributed by atoms with Crippen molar-refractivity contribution in [1.82, 2.24) is 4.98 Å². The second-order valence-electron chi connectivity index (χ2n) is 3.45. The molecule has 0 radical (unpaired) electrons. The fourth-order valence-corrected chi connectivity index (χ4v) is 1.91. The van der Waals surface area contributed by atoms with E-state index in [1.807, 2.05) is 0 Å². The monoisotopic (exact) mass is 290 g/mol. The number of nitrogen functional groups attached to an aromatic ring is 1. The van der Waals surface area contributed by atoms with Gasteiger partial charge in [-0.3, -0.25) is 0 Å². The second kappa shape index (κ2) is 5.35. The van der Waals surface area contributed by atoms with Gasteiger partial charge in [-0.05, 0) is 12.1 Å². The van der Waals surface area contributed by atoms with E-state index in [0.717, 1.165) is 0 Å². The van der Waals surface area contributed by atoms with Crippen LogP contribution < -0.4 is 15.2 Å². The third-order valence-corrected chi connectivity index (χ3v) is 2.82. The van der Waals surface area contributed by atoms with Gasteiger partial charge in [0.2, 0.25) is 0 Å². The number of ether oxygens (including phenoxy) is 2. The van der Waals surface area contributed by atoms with Gasteiger partial charge in [-0.15, -0.1) is 13.2 Å². The van der Waals surface area contributed by atoms with Crippen molar-refractivity contribution in [1.29, 1.82) is 0 Å². The van der Waals surface area contributed by atoms with Gasteiger partial charge in [-0.25, -0.2) is 4.98 Å². The predicted octanol–water partition coefficient (Wildman–Crippen LogP) is 3.20. The maximum absolute atomic E-state index is 12.2. The van der Waals surface area contributed by atoms with Crippen molar-refractivity contribution in [3.8, 4) is 11.5 Å². The number of thiazole rings is 1. The summed E-state index contributed by atoms with van der Waals surface area (Å²) in [7, 11) is 0. The van der Waals surface area contributed by atoms with Crippen LogP contribution in [0.5, 0.6) is 11.5 Å². The largest absolute Gasteiger partial charge is 0.573 e. The van der Waals surface area contributed by atoms with Gasteiger partial charge < -0.3 is 15.2 Å². The normalized spacial score (nSPS) is 11.3. The number of aromatic nitrogens is 1. The van der Waals surface area contributed by atoms with Crippen LogP contribution in [0.2, 0.25) is 0 Å². The third kappa shape index (κ3) is 4.02. The number of para-hydroxylation sites is 2. The fraction of sp³-hybridized carbons (Fsp3) is 0.182. The minimum atomic E-state index is -4.76. The summed E-state index contributed by atoms with van der Waals surface area (Å²) < 4.78 is 45.7. The molecule has 2 aromatic rings. The Bertz CT molecular complexity index is 557. The summed E-state index contributed by atoms with van der Waals surface area (Å²) in [5.74, 6) is -0.376. The Labute approximate surface area is 110 Å². The van der Waals surface area contributed by atoms with Gasteiger partial charge in [0, 0.05) is 6.20 Å². The predicted molar refractivity (Wildman–Crippen MR) is 64.0 cm³/mol. The van der Waals surface area contributed by atoms with Gasteiger partial charge in [0.05, 0.1) is 4.88 Å². The summed E-state index contributed by atoms with van der Waals surface area (Å²) in [6.07, 6.45) is -3.25. The highest BCUT2D eigenvalue weighted by atomic mass is 32.1. The highest BCUT2D eigenvalue weighted by Gasteiger charge is 2.32. The minimum absolute atomic E-state index is 0.00629. The van der Waals surface area contributed by atoms with Gasteiger partial charge in [-0.2, -0.15) is 0 Å². The van der Waals surface area contributed by atoms with Gasteiger partial charge in [0.15, 0.2) is 16.6 Å². The lowest BCUT2D eigenvalue weighted by Crippen LogP contribution is -2.17. The lowest BCUT2D eigenvalue weighted by atomic mass is 10.3. The molecule has 0 aliphatic heterocycles. The molecule has 1 aromatic heterocycles. The summed E-state index contributed by atoms with van der Waals surface area (Å²) in [6.45, 7) is 0.0765. The smallest absolute Gasteiger partial charge is 0.484 e. The van der Waals surface area contributed by atoms with Crippen LogP contribution in [0, 0.1) is 0 Å². The van der Waals surface area contributed by atoms with Crippen molar-refractivity contribution in [3.63, 3.8) is 0 Å². The summed E-state index contributed by atoms with van der Waals surface area (Å²) in [5, 5.41) is 0.374. The first kappa shape index (κ1) is 13.5. The zero-order valence-electron chi connectivity index (χ0n) is 9.48. The van der Waals surface area contributed by atoms with Gasteiger partial charge in [0.1, 0.15) is 6.61 Å². The van der Waals surface area contributed by atoms with Crippen molar-refractivity contribution in [2.45, 2.75) is 13.0 Å². The van der Waals surface area contributed by atoms with Crippen molar-refractivity contribution < 1.29 is 22.6 Å². The molecule has 19 heavy (non-hydrogen) atoms. The van der Waals surface area contributed by atoms with Crippen molar-refractivity contribution in [2.24, 2.45) is 0 Å². The number of alkyl halides is 3. The van der Waals surface area contributed by atoms with Crippen molar-refractivity contribution in [3.05, 3.63) is 35.3 Å². The lowest BCUT2D eigenvalue weighted by molar-refractivity contribution is -0.275. The second-order valence-corrected chi connectivity index (χ2v) is 4.59. The third-order valence-electron chi connectivity index (χ3n) is 2.02. The molecule has 0 aliphatic carbocycles. The first-order valence-electron chi connectivity index (χ1n) is 5.12. The number of nitrogens with two attached hydrogens (primary N) is 1. The molecule has 1 heterocycles. The van der Waals surface area contributed by atoms with Gasteiger partial charge in [0.25, 0.3) is 0 Å². The van der Waals surface area contributed by atoms with E-state index in [-0.39, 0.29) is 18.1 Å². The number of nitrogens with zero attached hydrogens (tertiary/aromatic N) is 1. The molecule has 0 spiro atoms. The van der Waals surface area contributed by atoms with Gasteiger partial charge in [-0.1, -0.05) is 23.5 Å². The van der Waals surface area contributed by atoms with E-state index in [2.05, 4.69) is 9.72 Å². The number of anilines is 1. The van der Waals surface area contributed by atoms with E-state index in [1.54, 1.807) is 6.07 Å². The van der Waals surface area contributed by atoms with Crippen LogP contribution in [0.15, 0.2) is 30.5 Å². The first-order chi connectivity index (χ1) is 8.94. The molecule has 2 rings (SSSR count). The minimum Gasteiger partial charge on any atom is -0.484 e. The number of rotatable bonds is 4. The summed E-state index contributed by atoms with van der Waals surface area (Å²) in [5.41, 5.74) is 5.44. The Morgan fingerprint density at radius 1 is 1.21 bits per heavy atom. The molecule has 8 heteroatoms. The maximum atomic E-state index is 12.2. The standard InChI is InChI=1S/C11H9F3N2O2S/c12-11(13,14)18-9-4-2-1-3-8(9)17-6-7-5-16-10(15)19-7/h1-5H,6H2,(H2,15,16). The Balaban J connectivity index is 2.07. The van der Waals surface area contributed by atoms with E-state index >= 15 is 0 Å². The molecule has 0 bridgehead atoms. The van der Waals surface area contributed by atoms with Crippen LogP contribution in [0.4, 0.5) is 18.3 Å². The van der Waals surface area contributed by atoms with Crippen LogP contribution in [0.3, 0.4) is 0 Å². The molecule has 0 saturated carbocycles. The highest BCUT2D eigenvalue weighted by molar-refractivity contribution is 7.15. The zero-order valence-corrected chi connectivity index (χ0v) is 10.3. The molecule has 0 saturated heterocycles. The Morgan fingerprint density at radius 2 is 1.89 bits per heavy atom. The van der Waals surface area contributed by atoms with Crippen LogP contribution in [-0.4, -0.2) is 11.3 Å². The summed E-state index contributed by atoms with van der Waals surface area (Å²) in [4.78, 5) is 4.52. The molecule has 2 N–H and O–H groups in total. The van der Waals surface area contributed by atoms with Crippen LogP contribution in [0.1, 0.15) is 4.88 Å². The number of hydrogen-bond acceptors (Lipinski definition) is 5. The summed E-state index contributed by atoms with van der Waals surface area (Å²) in [6, 6.07) is 5.56.